The van der Waals surface area contributed by atoms with E-state index in [0.29, 0.717) is 11.4 Å². The van der Waals surface area contributed by atoms with E-state index in [-0.39, 0.29) is 5.41 Å². The summed E-state index contributed by atoms with van der Waals surface area (Å²) in [6.45, 7) is 24.3. The molecule has 0 unspecified atom stereocenters. The van der Waals surface area contributed by atoms with Gasteiger partial charge in [-0.25, -0.2) is 0 Å². The van der Waals surface area contributed by atoms with E-state index in [2.05, 4.69) is 249 Å². The fourth-order valence-electron chi connectivity index (χ4n) is 15.0. The molecule has 93 heavy (non-hydrogen) atoms. The van der Waals surface area contributed by atoms with Gasteiger partial charge in [0.15, 0.2) is 0 Å². The van der Waals surface area contributed by atoms with Gasteiger partial charge in [0.1, 0.15) is 0 Å². The molecular formula is C83H72F6N4. The van der Waals surface area contributed by atoms with Gasteiger partial charge >= 0.3 is 12.4 Å². The van der Waals surface area contributed by atoms with Crippen molar-refractivity contribution in [1.29, 1.82) is 0 Å². The van der Waals surface area contributed by atoms with Crippen molar-refractivity contribution >= 4 is 62.6 Å². The SMILES string of the molecule is Cc1ccc(N(c2ccc3c(c2)C(C)(C)c2cc(N(c4ccc5c(c4)C(C)(C)c4cc(N(c6ccc(C(F)(F)F)cc6)c6ccc7c(c6)C(C)(C)c6cc(N(C)c8ccc(C(F)(F)F)cc8)ccc6-7)ccc4-5)c4ccc(C)cc4C)ccc2-3)c2ccc(C)cc2C)cc1. The van der Waals surface area contributed by atoms with Crippen molar-refractivity contribution in [3.8, 4) is 33.4 Å². The van der Waals surface area contributed by atoms with Gasteiger partial charge in [-0.1, -0.05) is 131 Å². The average Bonchev–Trinajstić information content (AvgIpc) is 1.59. The molecule has 10 heteroatoms. The van der Waals surface area contributed by atoms with Crippen molar-refractivity contribution in [3.05, 3.63) is 291 Å². The first kappa shape index (κ1) is 60.7. The summed E-state index contributed by atoms with van der Waals surface area (Å²) in [6.07, 6.45) is -8.97. The Labute approximate surface area is 541 Å². The molecule has 0 aromatic heterocycles. The van der Waals surface area contributed by atoms with Gasteiger partial charge in [0.2, 0.25) is 0 Å². The zero-order valence-corrected chi connectivity index (χ0v) is 54.3. The molecule has 11 aromatic rings. The second-order valence-electron chi connectivity index (χ2n) is 27.3. The van der Waals surface area contributed by atoms with E-state index in [1.165, 1.54) is 56.6 Å². The first-order valence-corrected chi connectivity index (χ1v) is 31.7. The lowest BCUT2D eigenvalue weighted by molar-refractivity contribution is -0.138. The van der Waals surface area contributed by atoms with Gasteiger partial charge in [-0.2, -0.15) is 26.3 Å². The van der Waals surface area contributed by atoms with Crippen molar-refractivity contribution in [2.75, 3.05) is 26.6 Å². The van der Waals surface area contributed by atoms with Crippen molar-refractivity contribution < 1.29 is 26.3 Å². The number of fused-ring (bicyclic) bond motifs is 9. The molecule has 0 atom stereocenters. The van der Waals surface area contributed by atoms with Crippen LogP contribution in [0.25, 0.3) is 33.4 Å². The minimum absolute atomic E-state index is 0.356. The summed E-state index contributed by atoms with van der Waals surface area (Å²) in [6, 6.07) is 72.3. The van der Waals surface area contributed by atoms with Crippen LogP contribution in [0.1, 0.15) is 114 Å². The highest BCUT2D eigenvalue weighted by atomic mass is 19.4. The fraction of sp³-hybridized carbons (Fsp3) is 0.205. The average molecular weight is 1240 g/mol. The van der Waals surface area contributed by atoms with Crippen molar-refractivity contribution in [2.45, 2.75) is 105 Å². The molecule has 0 fully saturated rings. The van der Waals surface area contributed by atoms with Crippen LogP contribution >= 0.6 is 0 Å². The number of rotatable bonds is 11. The largest absolute Gasteiger partial charge is 0.416 e. The number of halogens is 6. The molecular weight excluding hydrogens is 1170 g/mol. The molecule has 3 aliphatic carbocycles. The van der Waals surface area contributed by atoms with Crippen molar-refractivity contribution in [3.63, 3.8) is 0 Å². The minimum Gasteiger partial charge on any atom is -0.345 e. The summed E-state index contributed by atoms with van der Waals surface area (Å²) in [4.78, 5) is 8.72. The third-order valence-corrected chi connectivity index (χ3v) is 20.1. The summed E-state index contributed by atoms with van der Waals surface area (Å²) in [5, 5.41) is 0. The van der Waals surface area contributed by atoms with Crippen LogP contribution in [-0.2, 0) is 28.6 Å². The molecule has 0 heterocycles. The Hall–Kier alpha value is -9.80. The van der Waals surface area contributed by atoms with Crippen molar-refractivity contribution in [1.82, 2.24) is 0 Å². The monoisotopic (exact) mass is 1240 g/mol. The molecule has 0 N–H and O–H groups in total. The van der Waals surface area contributed by atoms with Gasteiger partial charge < -0.3 is 19.6 Å². The molecule has 0 radical (unpaired) electrons. The number of benzene rings is 11. The predicted molar refractivity (Wildman–Crippen MR) is 371 cm³/mol. The maximum atomic E-state index is 14.3. The lowest BCUT2D eigenvalue weighted by Gasteiger charge is -2.31. The highest BCUT2D eigenvalue weighted by molar-refractivity contribution is 5.93. The summed E-state index contributed by atoms with van der Waals surface area (Å²) in [5.74, 6) is 0. The highest BCUT2D eigenvalue weighted by Gasteiger charge is 2.41. The van der Waals surface area contributed by atoms with Crippen LogP contribution in [0, 0.1) is 34.6 Å². The first-order chi connectivity index (χ1) is 44.1. The molecule has 14 rings (SSSR count). The van der Waals surface area contributed by atoms with E-state index in [0.717, 1.165) is 126 Å². The Bertz CT molecular complexity index is 4820. The van der Waals surface area contributed by atoms with E-state index >= 15 is 0 Å². The van der Waals surface area contributed by atoms with E-state index in [1.807, 2.05) is 24.1 Å². The standard InChI is InChI=1S/C83H72F6N4/c1-49-13-21-58(22-14-49)92(77-39-15-50(2)41-52(77)4)62-30-36-68-70-38-32-64(48-76(70)81(10,11)74(68)46-62)93(78-40-16-51(3)42-53(78)5)63-31-37-69-67-35-29-61(45-73(67)80(8,9)75(69)47-63)91(57-25-19-55(20-26-57)83(87,88)89)60-28-34-66-65-33-27-59(43-71(65)79(6,7)72(66)44-60)90(12)56-23-17-54(18-24-56)82(84,85)86/h13-48H,1-12H3. The topological polar surface area (TPSA) is 13.0 Å². The molecule has 0 aliphatic heterocycles. The molecule has 0 spiro atoms. The first-order valence-electron chi connectivity index (χ1n) is 31.7. The lowest BCUT2D eigenvalue weighted by Crippen LogP contribution is -2.19. The van der Waals surface area contributed by atoms with Crippen LogP contribution in [0.3, 0.4) is 0 Å². The van der Waals surface area contributed by atoms with Crippen LogP contribution in [-0.4, -0.2) is 7.05 Å². The zero-order chi connectivity index (χ0) is 65.6. The van der Waals surface area contributed by atoms with E-state index < -0.39 is 34.3 Å². The highest BCUT2D eigenvalue weighted by Crippen LogP contribution is 2.57. The summed E-state index contributed by atoms with van der Waals surface area (Å²) >= 11 is 0. The summed E-state index contributed by atoms with van der Waals surface area (Å²) in [7, 11) is 1.84. The molecule has 0 amide bonds. The van der Waals surface area contributed by atoms with E-state index in [4.69, 9.17) is 0 Å². The third kappa shape index (κ3) is 10.2. The number of hydrogen-bond acceptors (Lipinski definition) is 4. The third-order valence-electron chi connectivity index (χ3n) is 20.1. The molecule has 3 aliphatic rings. The Balaban J connectivity index is 0.823. The van der Waals surface area contributed by atoms with E-state index in [1.54, 1.807) is 12.1 Å². The fourth-order valence-corrected chi connectivity index (χ4v) is 15.0. The Morgan fingerprint density at radius 3 is 0.828 bits per heavy atom. The molecule has 0 saturated carbocycles. The lowest BCUT2D eigenvalue weighted by atomic mass is 9.81. The van der Waals surface area contributed by atoms with Gasteiger partial charge in [0, 0.05) is 85.9 Å². The normalized spacial score (nSPS) is 14.4. The number of anilines is 11. The summed E-state index contributed by atoms with van der Waals surface area (Å²) < 4.78 is 83.3. The Morgan fingerprint density at radius 2 is 0.505 bits per heavy atom. The Kier molecular flexibility index (Phi) is 14.1. The van der Waals surface area contributed by atoms with Crippen LogP contribution < -0.4 is 19.6 Å². The van der Waals surface area contributed by atoms with Gasteiger partial charge in [0.05, 0.1) is 11.1 Å². The van der Waals surface area contributed by atoms with Crippen LogP contribution in [0.2, 0.25) is 0 Å². The maximum absolute atomic E-state index is 14.3. The second-order valence-corrected chi connectivity index (χ2v) is 27.3. The molecule has 0 saturated heterocycles. The van der Waals surface area contributed by atoms with E-state index in [9.17, 15) is 26.3 Å². The number of alkyl halides is 6. The van der Waals surface area contributed by atoms with Gasteiger partial charge in [0.25, 0.3) is 0 Å². The van der Waals surface area contributed by atoms with Gasteiger partial charge in [-0.3, -0.25) is 0 Å². The molecule has 4 nitrogen and oxygen atoms in total. The van der Waals surface area contributed by atoms with Crippen molar-refractivity contribution in [2.24, 2.45) is 0 Å². The Morgan fingerprint density at radius 1 is 0.258 bits per heavy atom. The molecule has 11 aromatic carbocycles. The zero-order valence-electron chi connectivity index (χ0n) is 54.3. The van der Waals surface area contributed by atoms with Gasteiger partial charge in [-0.05, 0) is 258 Å². The quantitative estimate of drug-likeness (QED) is 0.120. The predicted octanol–water partition coefficient (Wildman–Crippen LogP) is 24.4. The van der Waals surface area contributed by atoms with Crippen LogP contribution in [0.4, 0.5) is 88.9 Å². The van der Waals surface area contributed by atoms with Crippen LogP contribution in [0.5, 0.6) is 0 Å². The molecule has 466 valence electrons. The minimum atomic E-state index is -4.53. The second kappa shape index (κ2) is 21.7. The maximum Gasteiger partial charge on any atom is 0.416 e. The van der Waals surface area contributed by atoms with Crippen LogP contribution in [0.15, 0.2) is 218 Å². The number of aryl methyl sites for hydroxylation is 5. The number of nitrogens with zero attached hydrogens (tertiary/aromatic N) is 4. The summed E-state index contributed by atoms with van der Waals surface area (Å²) in [5.41, 5.74) is 26.8. The number of hydrogen-bond donors (Lipinski definition) is 0. The smallest absolute Gasteiger partial charge is 0.345 e. The van der Waals surface area contributed by atoms with Gasteiger partial charge in [-0.15, -0.1) is 0 Å². The molecule has 0 bridgehead atoms.